The number of aryl methyl sites for hydroxylation is 1. The van der Waals surface area contributed by atoms with E-state index in [2.05, 4.69) is 47.2 Å². The van der Waals surface area contributed by atoms with Gasteiger partial charge in [-0.2, -0.15) is 0 Å². The molecule has 5 nitrogen and oxygen atoms in total. The molecule has 0 saturated carbocycles. The van der Waals surface area contributed by atoms with Crippen LogP contribution in [0.25, 0.3) is 16.2 Å². The molecule has 2 aromatic heterocycles. The van der Waals surface area contributed by atoms with Crippen LogP contribution in [0.5, 0.6) is 0 Å². The van der Waals surface area contributed by atoms with Crippen molar-refractivity contribution in [3.8, 4) is 11.3 Å². The van der Waals surface area contributed by atoms with Gasteiger partial charge in [0.1, 0.15) is 0 Å². The molecule has 0 N–H and O–H groups in total. The van der Waals surface area contributed by atoms with Gasteiger partial charge in [0.25, 0.3) is 0 Å². The molecular weight excluding hydrogens is 394 g/mol. The number of amides is 1. The number of benzene rings is 1. The number of hydrogen-bond donors (Lipinski definition) is 0. The van der Waals surface area contributed by atoms with Crippen molar-refractivity contribution in [1.82, 2.24) is 14.3 Å². The van der Waals surface area contributed by atoms with E-state index in [9.17, 15) is 4.79 Å². The van der Waals surface area contributed by atoms with Gasteiger partial charge in [0, 0.05) is 54.4 Å². The van der Waals surface area contributed by atoms with Crippen molar-refractivity contribution in [2.75, 3.05) is 19.7 Å². The van der Waals surface area contributed by atoms with Gasteiger partial charge < -0.3 is 9.64 Å². The van der Waals surface area contributed by atoms with Crippen molar-refractivity contribution in [3.05, 3.63) is 47.1 Å². The summed E-state index contributed by atoms with van der Waals surface area (Å²) in [5.74, 6) is 0.190. The second-order valence-corrected chi connectivity index (χ2v) is 10.1. The van der Waals surface area contributed by atoms with Gasteiger partial charge in [-0.15, -0.1) is 11.3 Å². The highest BCUT2D eigenvalue weighted by molar-refractivity contribution is 7.15. The van der Waals surface area contributed by atoms with E-state index >= 15 is 0 Å². The number of hydrogen-bond acceptors (Lipinski definition) is 4. The molecule has 1 amide bonds. The van der Waals surface area contributed by atoms with Crippen LogP contribution in [0.2, 0.25) is 0 Å². The molecule has 160 valence electrons. The summed E-state index contributed by atoms with van der Waals surface area (Å²) < 4.78 is 7.98. The summed E-state index contributed by atoms with van der Waals surface area (Å²) in [6, 6.07) is 8.47. The Morgan fingerprint density at radius 2 is 2.07 bits per heavy atom. The minimum Gasteiger partial charge on any atom is -0.376 e. The van der Waals surface area contributed by atoms with Gasteiger partial charge in [-0.25, -0.2) is 4.98 Å². The molecule has 0 radical (unpaired) electrons. The smallest absolute Gasteiger partial charge is 0.228 e. The first-order chi connectivity index (χ1) is 14.3. The van der Waals surface area contributed by atoms with Crippen LogP contribution in [0.3, 0.4) is 0 Å². The maximum atomic E-state index is 13.0. The molecule has 1 aliphatic heterocycles. The number of fused-ring (bicyclic) bond motifs is 1. The fourth-order valence-corrected chi connectivity index (χ4v) is 4.81. The Kier molecular flexibility index (Phi) is 5.98. The van der Waals surface area contributed by atoms with Crippen LogP contribution in [-0.4, -0.2) is 46.0 Å². The molecule has 1 fully saturated rings. The molecule has 4 rings (SSSR count). The lowest BCUT2D eigenvalue weighted by Gasteiger charge is -2.31. The SMILES string of the molecule is Cc1ccc(-c2cn3c(CCN(CC4CCCO4)C(=O)C(C)(C)C)csc3n2)cc1. The van der Waals surface area contributed by atoms with Crippen LogP contribution in [0.4, 0.5) is 0 Å². The Bertz CT molecular complexity index is 1010. The number of rotatable bonds is 6. The minimum absolute atomic E-state index is 0.167. The van der Waals surface area contributed by atoms with Crippen LogP contribution in [-0.2, 0) is 16.0 Å². The molecule has 30 heavy (non-hydrogen) atoms. The molecule has 3 aromatic rings. The van der Waals surface area contributed by atoms with Gasteiger partial charge in [-0.05, 0) is 19.8 Å². The number of imidazole rings is 1. The summed E-state index contributed by atoms with van der Waals surface area (Å²) in [7, 11) is 0. The zero-order valence-corrected chi connectivity index (χ0v) is 19.2. The van der Waals surface area contributed by atoms with Crippen molar-refractivity contribution in [2.45, 2.75) is 53.1 Å². The molecule has 3 heterocycles. The van der Waals surface area contributed by atoms with E-state index < -0.39 is 5.41 Å². The molecule has 1 aliphatic rings. The summed E-state index contributed by atoms with van der Waals surface area (Å²) in [5, 5.41) is 2.16. The molecule has 1 saturated heterocycles. The third-order valence-electron chi connectivity index (χ3n) is 5.65. The average Bonchev–Trinajstić information content (AvgIpc) is 3.42. The van der Waals surface area contributed by atoms with Gasteiger partial charge in [0.15, 0.2) is 4.96 Å². The summed E-state index contributed by atoms with van der Waals surface area (Å²) in [6.07, 6.45) is 5.21. The highest BCUT2D eigenvalue weighted by Crippen LogP contribution is 2.25. The first-order valence-corrected chi connectivity index (χ1v) is 11.6. The third-order valence-corrected chi connectivity index (χ3v) is 6.53. The van der Waals surface area contributed by atoms with Crippen molar-refractivity contribution >= 4 is 22.2 Å². The predicted octanol–water partition coefficient (Wildman–Crippen LogP) is 4.97. The van der Waals surface area contributed by atoms with E-state index in [4.69, 9.17) is 9.72 Å². The molecular formula is C24H31N3O2S. The summed E-state index contributed by atoms with van der Waals surface area (Å²) >= 11 is 1.65. The Balaban J connectivity index is 1.51. The molecule has 1 aromatic carbocycles. The van der Waals surface area contributed by atoms with Crippen LogP contribution >= 0.6 is 11.3 Å². The standard InChI is InChI=1S/C24H31N3O2S/c1-17-7-9-18(10-8-17)21-15-27-19(16-30-23(27)25-21)11-12-26(22(28)24(2,3)4)14-20-6-5-13-29-20/h7-10,15-16,20H,5-6,11-14H2,1-4H3. The molecule has 0 aliphatic carbocycles. The van der Waals surface area contributed by atoms with Crippen LogP contribution in [0, 0.1) is 12.3 Å². The second kappa shape index (κ2) is 8.52. The third kappa shape index (κ3) is 4.60. The quantitative estimate of drug-likeness (QED) is 0.560. The Morgan fingerprint density at radius 3 is 2.73 bits per heavy atom. The summed E-state index contributed by atoms with van der Waals surface area (Å²) in [6.45, 7) is 10.2. The Labute approximate surface area is 182 Å². The van der Waals surface area contributed by atoms with Gasteiger partial charge >= 0.3 is 0 Å². The maximum Gasteiger partial charge on any atom is 0.228 e. The largest absolute Gasteiger partial charge is 0.376 e. The zero-order valence-electron chi connectivity index (χ0n) is 18.4. The Morgan fingerprint density at radius 1 is 1.30 bits per heavy atom. The number of thiazole rings is 1. The van der Waals surface area contributed by atoms with E-state index in [1.807, 2.05) is 25.7 Å². The molecule has 0 spiro atoms. The van der Waals surface area contributed by atoms with Crippen molar-refractivity contribution in [1.29, 1.82) is 0 Å². The lowest BCUT2D eigenvalue weighted by molar-refractivity contribution is -0.141. The number of carbonyl (C=O) groups excluding carboxylic acids is 1. The monoisotopic (exact) mass is 425 g/mol. The first kappa shape index (κ1) is 21.1. The number of aromatic nitrogens is 2. The highest BCUT2D eigenvalue weighted by Gasteiger charge is 2.30. The van der Waals surface area contributed by atoms with E-state index in [0.29, 0.717) is 13.1 Å². The lowest BCUT2D eigenvalue weighted by Crippen LogP contribution is -2.44. The number of ether oxygens (including phenoxy) is 1. The van der Waals surface area contributed by atoms with Gasteiger partial charge in [-0.3, -0.25) is 9.20 Å². The molecule has 0 bridgehead atoms. The zero-order chi connectivity index (χ0) is 21.3. The predicted molar refractivity (Wildman–Crippen MR) is 122 cm³/mol. The summed E-state index contributed by atoms with van der Waals surface area (Å²) in [5.41, 5.74) is 4.17. The topological polar surface area (TPSA) is 46.8 Å². The van der Waals surface area contributed by atoms with Gasteiger partial charge in [0.05, 0.1) is 11.8 Å². The van der Waals surface area contributed by atoms with E-state index in [-0.39, 0.29) is 12.0 Å². The van der Waals surface area contributed by atoms with E-state index in [0.717, 1.165) is 42.1 Å². The van der Waals surface area contributed by atoms with Crippen molar-refractivity contribution in [3.63, 3.8) is 0 Å². The van der Waals surface area contributed by atoms with E-state index in [1.54, 1.807) is 11.3 Å². The maximum absolute atomic E-state index is 13.0. The molecule has 1 unspecified atom stereocenters. The van der Waals surface area contributed by atoms with Crippen LogP contribution in [0.1, 0.15) is 44.9 Å². The molecule has 1 atom stereocenters. The van der Waals surface area contributed by atoms with Crippen molar-refractivity contribution in [2.24, 2.45) is 5.41 Å². The lowest BCUT2D eigenvalue weighted by atomic mass is 9.94. The minimum atomic E-state index is -0.393. The van der Waals surface area contributed by atoms with Gasteiger partial charge in [0.2, 0.25) is 5.91 Å². The molecule has 6 heteroatoms. The normalized spacial score (nSPS) is 17.0. The van der Waals surface area contributed by atoms with E-state index in [1.165, 1.54) is 11.3 Å². The average molecular weight is 426 g/mol. The highest BCUT2D eigenvalue weighted by atomic mass is 32.1. The fraction of sp³-hybridized carbons (Fsp3) is 0.500. The van der Waals surface area contributed by atoms with Gasteiger partial charge in [-0.1, -0.05) is 50.6 Å². The summed E-state index contributed by atoms with van der Waals surface area (Å²) in [4.78, 5) is 20.8. The Hall–Kier alpha value is -2.18. The van der Waals surface area contributed by atoms with Crippen molar-refractivity contribution < 1.29 is 9.53 Å². The second-order valence-electron chi connectivity index (χ2n) is 9.26. The first-order valence-electron chi connectivity index (χ1n) is 10.7. The fourth-order valence-electron chi connectivity index (χ4n) is 3.91. The number of carbonyl (C=O) groups is 1. The number of nitrogens with zero attached hydrogens (tertiary/aromatic N) is 3. The van der Waals surface area contributed by atoms with Crippen LogP contribution < -0.4 is 0 Å². The van der Waals surface area contributed by atoms with Crippen LogP contribution in [0.15, 0.2) is 35.8 Å².